The number of rotatable bonds is 5. The molecular formula is C11H17N5O2. The Hall–Kier alpha value is -1.89. The van der Waals surface area contributed by atoms with Crippen molar-refractivity contribution >= 4 is 11.6 Å². The molecule has 0 bridgehead atoms. The third-order valence-corrected chi connectivity index (χ3v) is 2.99. The van der Waals surface area contributed by atoms with Crippen molar-refractivity contribution < 1.29 is 4.92 Å². The van der Waals surface area contributed by atoms with Crippen LogP contribution in [-0.4, -0.2) is 34.1 Å². The number of aryl methyl sites for hydroxylation is 1. The smallest absolute Gasteiger partial charge is 0.364 e. The molecular weight excluding hydrogens is 234 g/mol. The largest absolute Gasteiger partial charge is 0.406 e. The highest BCUT2D eigenvalue weighted by molar-refractivity contribution is 5.51. The summed E-state index contributed by atoms with van der Waals surface area (Å²) in [6.45, 7) is 2.62. The first-order chi connectivity index (χ1) is 8.68. The molecule has 18 heavy (non-hydrogen) atoms. The standard InChI is InChI=1S/C11H17N5O2/c1-15-8-14-11(16(17)18)10(15)13-7-4-9-2-5-12-6-3-9/h2,8,12-13H,3-7H2,1H3. The van der Waals surface area contributed by atoms with Crippen molar-refractivity contribution in [2.45, 2.75) is 12.8 Å². The molecule has 98 valence electrons. The molecule has 0 saturated heterocycles. The lowest BCUT2D eigenvalue weighted by Crippen LogP contribution is -2.21. The van der Waals surface area contributed by atoms with Gasteiger partial charge in [0.1, 0.15) is 0 Å². The van der Waals surface area contributed by atoms with Crippen LogP contribution in [0.5, 0.6) is 0 Å². The normalized spacial score (nSPS) is 15.3. The van der Waals surface area contributed by atoms with Crippen LogP contribution in [0.3, 0.4) is 0 Å². The maximum Gasteiger partial charge on any atom is 0.406 e. The molecule has 7 heteroatoms. The fourth-order valence-electron chi connectivity index (χ4n) is 1.99. The van der Waals surface area contributed by atoms with Crippen LogP contribution in [0.15, 0.2) is 18.0 Å². The summed E-state index contributed by atoms with van der Waals surface area (Å²) in [5, 5.41) is 17.1. The lowest BCUT2D eigenvalue weighted by Gasteiger charge is -2.14. The van der Waals surface area contributed by atoms with E-state index < -0.39 is 4.92 Å². The van der Waals surface area contributed by atoms with Crippen LogP contribution in [0.25, 0.3) is 0 Å². The highest BCUT2D eigenvalue weighted by Crippen LogP contribution is 2.21. The van der Waals surface area contributed by atoms with Gasteiger partial charge in [-0.3, -0.25) is 4.57 Å². The zero-order valence-electron chi connectivity index (χ0n) is 10.3. The van der Waals surface area contributed by atoms with Gasteiger partial charge in [-0.1, -0.05) is 11.6 Å². The number of imidazole rings is 1. The number of aromatic nitrogens is 2. The number of hydrogen-bond donors (Lipinski definition) is 2. The summed E-state index contributed by atoms with van der Waals surface area (Å²) >= 11 is 0. The van der Waals surface area contributed by atoms with Crippen LogP contribution < -0.4 is 10.6 Å². The van der Waals surface area contributed by atoms with Crippen LogP contribution in [0.1, 0.15) is 12.8 Å². The second-order valence-electron chi connectivity index (χ2n) is 4.28. The molecule has 0 spiro atoms. The van der Waals surface area contributed by atoms with E-state index in [0.717, 1.165) is 25.9 Å². The van der Waals surface area contributed by atoms with Gasteiger partial charge in [0.05, 0.1) is 0 Å². The van der Waals surface area contributed by atoms with Crippen molar-refractivity contribution in [3.8, 4) is 0 Å². The van der Waals surface area contributed by atoms with Gasteiger partial charge in [0.25, 0.3) is 0 Å². The minimum Gasteiger partial charge on any atom is -0.364 e. The molecule has 0 radical (unpaired) electrons. The summed E-state index contributed by atoms with van der Waals surface area (Å²) in [5.74, 6) is 0.353. The summed E-state index contributed by atoms with van der Waals surface area (Å²) in [7, 11) is 1.74. The van der Waals surface area contributed by atoms with Gasteiger partial charge in [-0.15, -0.1) is 0 Å². The van der Waals surface area contributed by atoms with Crippen LogP contribution in [-0.2, 0) is 7.05 Å². The molecule has 2 rings (SSSR count). The molecule has 0 aromatic carbocycles. The lowest BCUT2D eigenvalue weighted by atomic mass is 10.1. The second-order valence-corrected chi connectivity index (χ2v) is 4.28. The first-order valence-electron chi connectivity index (χ1n) is 5.96. The zero-order valence-corrected chi connectivity index (χ0v) is 10.3. The molecule has 2 N–H and O–H groups in total. The second kappa shape index (κ2) is 5.63. The van der Waals surface area contributed by atoms with E-state index in [4.69, 9.17) is 0 Å². The highest BCUT2D eigenvalue weighted by atomic mass is 16.6. The zero-order chi connectivity index (χ0) is 13.0. The number of nitro groups is 1. The minimum absolute atomic E-state index is 0.114. The Kier molecular flexibility index (Phi) is 3.93. The van der Waals surface area contributed by atoms with Gasteiger partial charge in [0, 0.05) is 20.1 Å². The quantitative estimate of drug-likeness (QED) is 0.464. The van der Waals surface area contributed by atoms with E-state index in [-0.39, 0.29) is 5.82 Å². The summed E-state index contributed by atoms with van der Waals surface area (Å²) in [4.78, 5) is 14.1. The van der Waals surface area contributed by atoms with Gasteiger partial charge in [-0.2, -0.15) is 0 Å². The Labute approximate surface area is 105 Å². The Balaban J connectivity index is 1.91. The summed E-state index contributed by atoms with van der Waals surface area (Å²) in [6.07, 6.45) is 5.59. The van der Waals surface area contributed by atoms with E-state index in [1.54, 1.807) is 11.6 Å². The van der Waals surface area contributed by atoms with Crippen molar-refractivity contribution in [3.63, 3.8) is 0 Å². The van der Waals surface area contributed by atoms with E-state index in [0.29, 0.717) is 12.4 Å². The average Bonchev–Trinajstić information content (AvgIpc) is 2.73. The van der Waals surface area contributed by atoms with E-state index in [1.807, 2.05) is 0 Å². The predicted molar refractivity (Wildman–Crippen MR) is 68.5 cm³/mol. The summed E-state index contributed by atoms with van der Waals surface area (Å²) < 4.78 is 1.63. The number of anilines is 1. The molecule has 1 aromatic heterocycles. The minimum atomic E-state index is -0.466. The van der Waals surface area contributed by atoms with Crippen LogP contribution in [0, 0.1) is 10.1 Å². The molecule has 0 fully saturated rings. The maximum absolute atomic E-state index is 10.8. The van der Waals surface area contributed by atoms with Gasteiger partial charge in [-0.25, -0.2) is 0 Å². The summed E-state index contributed by atoms with van der Waals surface area (Å²) in [6, 6.07) is 0. The third-order valence-electron chi connectivity index (χ3n) is 2.99. The fraction of sp³-hybridized carbons (Fsp3) is 0.545. The molecule has 1 aromatic rings. The van der Waals surface area contributed by atoms with E-state index in [2.05, 4.69) is 21.7 Å². The molecule has 0 amide bonds. The van der Waals surface area contributed by atoms with Crippen molar-refractivity contribution in [1.29, 1.82) is 0 Å². The highest BCUT2D eigenvalue weighted by Gasteiger charge is 2.19. The number of nitrogens with one attached hydrogen (secondary N) is 2. The van der Waals surface area contributed by atoms with E-state index >= 15 is 0 Å². The number of nitrogens with zero attached hydrogens (tertiary/aromatic N) is 3. The van der Waals surface area contributed by atoms with Gasteiger partial charge in [-0.05, 0) is 29.3 Å². The predicted octanol–water partition coefficient (Wildman–Crippen LogP) is 1.05. The Morgan fingerprint density at radius 2 is 2.50 bits per heavy atom. The Morgan fingerprint density at radius 1 is 1.67 bits per heavy atom. The van der Waals surface area contributed by atoms with Crippen molar-refractivity contribution in [3.05, 3.63) is 28.1 Å². The van der Waals surface area contributed by atoms with Crippen molar-refractivity contribution in [1.82, 2.24) is 14.9 Å². The molecule has 2 heterocycles. The molecule has 0 aliphatic carbocycles. The van der Waals surface area contributed by atoms with E-state index in [9.17, 15) is 10.1 Å². The van der Waals surface area contributed by atoms with Crippen LogP contribution in [0.4, 0.5) is 11.6 Å². The molecule has 0 saturated carbocycles. The molecule has 0 unspecified atom stereocenters. The Bertz CT molecular complexity index is 466. The molecule has 0 atom stereocenters. The molecule has 7 nitrogen and oxygen atoms in total. The fourth-order valence-corrected chi connectivity index (χ4v) is 1.99. The average molecular weight is 251 g/mol. The number of hydrogen-bond acceptors (Lipinski definition) is 5. The van der Waals surface area contributed by atoms with Crippen LogP contribution >= 0.6 is 0 Å². The van der Waals surface area contributed by atoms with E-state index in [1.165, 1.54) is 11.9 Å². The van der Waals surface area contributed by atoms with Gasteiger partial charge < -0.3 is 20.7 Å². The van der Waals surface area contributed by atoms with Crippen molar-refractivity contribution in [2.24, 2.45) is 7.05 Å². The topological polar surface area (TPSA) is 85.0 Å². The van der Waals surface area contributed by atoms with Crippen molar-refractivity contribution in [2.75, 3.05) is 25.0 Å². The third kappa shape index (κ3) is 2.86. The first kappa shape index (κ1) is 12.6. The Morgan fingerprint density at radius 3 is 3.17 bits per heavy atom. The van der Waals surface area contributed by atoms with Crippen LogP contribution in [0.2, 0.25) is 0 Å². The van der Waals surface area contributed by atoms with Gasteiger partial charge in [0.15, 0.2) is 0 Å². The lowest BCUT2D eigenvalue weighted by molar-refractivity contribution is -0.388. The monoisotopic (exact) mass is 251 g/mol. The summed E-state index contributed by atoms with van der Waals surface area (Å²) in [5.41, 5.74) is 1.39. The molecule has 1 aliphatic heterocycles. The molecule has 1 aliphatic rings. The first-order valence-corrected chi connectivity index (χ1v) is 5.96. The SMILES string of the molecule is Cn1cnc([N+](=O)[O-])c1NCCC1=CCNCC1. The van der Waals surface area contributed by atoms with Gasteiger partial charge >= 0.3 is 5.82 Å². The van der Waals surface area contributed by atoms with Gasteiger partial charge in [0.2, 0.25) is 12.1 Å². The maximum atomic E-state index is 10.8.